The number of aliphatic hydroxyl groups excluding tert-OH is 1. The van der Waals surface area contributed by atoms with E-state index < -0.39 is 6.10 Å². The van der Waals surface area contributed by atoms with E-state index in [0.29, 0.717) is 18.9 Å². The SMILES string of the molecule is CC(NC(=O)C(O)C[NH+]1CCCCC1)C1COc2ccccc2O1. The minimum Gasteiger partial charge on any atom is -0.486 e. The van der Waals surface area contributed by atoms with Crippen LogP contribution in [0.25, 0.3) is 0 Å². The molecule has 0 aromatic heterocycles. The molecule has 132 valence electrons. The third kappa shape index (κ3) is 4.19. The highest BCUT2D eigenvalue weighted by molar-refractivity contribution is 5.80. The Kier molecular flexibility index (Phi) is 5.58. The number of carbonyl (C=O) groups is 1. The normalized spacial score (nSPS) is 23.3. The van der Waals surface area contributed by atoms with Gasteiger partial charge in [-0.2, -0.15) is 0 Å². The Balaban J connectivity index is 1.49. The van der Waals surface area contributed by atoms with Crippen molar-refractivity contribution in [1.29, 1.82) is 0 Å². The number of para-hydroxylation sites is 2. The van der Waals surface area contributed by atoms with Gasteiger partial charge in [0.2, 0.25) is 0 Å². The van der Waals surface area contributed by atoms with Crippen LogP contribution in [0.3, 0.4) is 0 Å². The first-order valence-electron chi connectivity index (χ1n) is 8.84. The summed E-state index contributed by atoms with van der Waals surface area (Å²) >= 11 is 0. The molecule has 3 N–H and O–H groups in total. The molecule has 0 saturated carbocycles. The average Bonchev–Trinajstić information content (AvgIpc) is 2.62. The topological polar surface area (TPSA) is 72.2 Å². The maximum Gasteiger partial charge on any atom is 0.255 e. The molecule has 1 amide bonds. The lowest BCUT2D eigenvalue weighted by atomic mass is 10.1. The van der Waals surface area contributed by atoms with Gasteiger partial charge in [0.1, 0.15) is 13.2 Å². The standard InChI is InChI=1S/C18H26N2O4/c1-13(17-12-23-15-7-3-4-8-16(15)24-17)19-18(22)14(21)11-20-9-5-2-6-10-20/h3-4,7-8,13-14,17,21H,2,5-6,9-12H2,1H3,(H,19,22)/p+1. The number of likely N-dealkylation sites (tertiary alicyclic amines) is 1. The molecule has 1 fully saturated rings. The predicted octanol–water partition coefficient (Wildman–Crippen LogP) is -0.239. The van der Waals surface area contributed by atoms with Crippen LogP contribution in [0.4, 0.5) is 0 Å². The second-order valence-electron chi connectivity index (χ2n) is 6.74. The fourth-order valence-corrected chi connectivity index (χ4v) is 3.32. The number of rotatable bonds is 5. The molecule has 1 saturated heterocycles. The van der Waals surface area contributed by atoms with Crippen LogP contribution < -0.4 is 19.7 Å². The number of nitrogens with one attached hydrogen (secondary N) is 2. The molecule has 6 heteroatoms. The maximum atomic E-state index is 12.2. The largest absolute Gasteiger partial charge is 0.486 e. The summed E-state index contributed by atoms with van der Waals surface area (Å²) in [5, 5.41) is 13.0. The molecular weight excluding hydrogens is 308 g/mol. The Morgan fingerprint density at radius 3 is 2.75 bits per heavy atom. The van der Waals surface area contributed by atoms with Crippen LogP contribution in [-0.4, -0.2) is 55.5 Å². The molecule has 2 aliphatic rings. The third-order valence-electron chi connectivity index (χ3n) is 4.80. The summed E-state index contributed by atoms with van der Waals surface area (Å²) in [7, 11) is 0. The summed E-state index contributed by atoms with van der Waals surface area (Å²) in [6.45, 7) is 4.81. The molecule has 1 aromatic carbocycles. The van der Waals surface area contributed by atoms with Crippen molar-refractivity contribution >= 4 is 5.91 Å². The van der Waals surface area contributed by atoms with E-state index in [1.807, 2.05) is 31.2 Å². The summed E-state index contributed by atoms with van der Waals surface area (Å²) in [6.07, 6.45) is 2.36. The van der Waals surface area contributed by atoms with Crippen molar-refractivity contribution in [2.75, 3.05) is 26.2 Å². The monoisotopic (exact) mass is 335 g/mol. The van der Waals surface area contributed by atoms with Gasteiger partial charge in [-0.25, -0.2) is 0 Å². The van der Waals surface area contributed by atoms with E-state index in [4.69, 9.17) is 9.47 Å². The third-order valence-corrected chi connectivity index (χ3v) is 4.80. The molecule has 3 rings (SSSR count). The smallest absolute Gasteiger partial charge is 0.255 e. The van der Waals surface area contributed by atoms with E-state index in [9.17, 15) is 9.90 Å². The Hall–Kier alpha value is -1.79. The minimum absolute atomic E-state index is 0.239. The number of aliphatic hydroxyl groups is 1. The van der Waals surface area contributed by atoms with Gasteiger partial charge >= 0.3 is 0 Å². The summed E-state index contributed by atoms with van der Waals surface area (Å²) in [5.41, 5.74) is 0. The van der Waals surface area contributed by atoms with Crippen LogP contribution in [-0.2, 0) is 4.79 Å². The van der Waals surface area contributed by atoms with Crippen LogP contribution in [0.15, 0.2) is 24.3 Å². The number of carbonyl (C=O) groups excluding carboxylic acids is 1. The Morgan fingerprint density at radius 1 is 1.29 bits per heavy atom. The van der Waals surface area contributed by atoms with E-state index in [1.54, 1.807) is 0 Å². The molecule has 3 atom stereocenters. The lowest BCUT2D eigenvalue weighted by Crippen LogP contribution is -3.14. The van der Waals surface area contributed by atoms with Crippen molar-refractivity contribution < 1.29 is 24.3 Å². The van der Waals surface area contributed by atoms with Crippen LogP contribution in [0.5, 0.6) is 11.5 Å². The first-order chi connectivity index (χ1) is 11.6. The first-order valence-corrected chi connectivity index (χ1v) is 8.84. The van der Waals surface area contributed by atoms with Gasteiger partial charge in [-0.1, -0.05) is 12.1 Å². The molecule has 2 aliphatic heterocycles. The first kappa shape index (κ1) is 17.0. The van der Waals surface area contributed by atoms with Crippen molar-refractivity contribution in [3.8, 4) is 11.5 Å². The van der Waals surface area contributed by atoms with Gasteiger partial charge in [-0.3, -0.25) is 4.79 Å². The van der Waals surface area contributed by atoms with Crippen molar-refractivity contribution in [2.24, 2.45) is 0 Å². The molecule has 6 nitrogen and oxygen atoms in total. The Bertz CT molecular complexity index is 560. The van der Waals surface area contributed by atoms with Gasteiger partial charge in [0.25, 0.3) is 5.91 Å². The number of hydrogen-bond acceptors (Lipinski definition) is 4. The highest BCUT2D eigenvalue weighted by atomic mass is 16.6. The number of hydrogen-bond donors (Lipinski definition) is 3. The molecular formula is C18H27N2O4+. The fraction of sp³-hybridized carbons (Fsp3) is 0.611. The van der Waals surface area contributed by atoms with Crippen molar-refractivity contribution in [1.82, 2.24) is 5.32 Å². The van der Waals surface area contributed by atoms with Gasteiger partial charge < -0.3 is 24.8 Å². The molecule has 0 bridgehead atoms. The number of piperidine rings is 1. The molecule has 1 aromatic rings. The Morgan fingerprint density at radius 2 is 2.00 bits per heavy atom. The average molecular weight is 335 g/mol. The molecule has 0 radical (unpaired) electrons. The van der Waals surface area contributed by atoms with Crippen molar-refractivity contribution in [3.05, 3.63) is 24.3 Å². The number of benzene rings is 1. The highest BCUT2D eigenvalue weighted by Crippen LogP contribution is 2.31. The molecule has 3 unspecified atom stereocenters. The van der Waals surface area contributed by atoms with Gasteiger partial charge in [-0.05, 0) is 38.3 Å². The van der Waals surface area contributed by atoms with Crippen LogP contribution >= 0.6 is 0 Å². The lowest BCUT2D eigenvalue weighted by molar-refractivity contribution is -0.906. The van der Waals surface area contributed by atoms with Crippen molar-refractivity contribution in [2.45, 2.75) is 44.4 Å². The number of ether oxygens (including phenoxy) is 2. The number of quaternary nitrogens is 1. The number of amides is 1. The summed E-state index contributed by atoms with van der Waals surface area (Å²) in [6, 6.07) is 7.26. The van der Waals surface area contributed by atoms with E-state index in [1.165, 1.54) is 24.2 Å². The molecule has 0 aliphatic carbocycles. The highest BCUT2D eigenvalue weighted by Gasteiger charge is 2.30. The van der Waals surface area contributed by atoms with E-state index in [-0.39, 0.29) is 18.1 Å². The van der Waals surface area contributed by atoms with E-state index in [2.05, 4.69) is 5.32 Å². The molecule has 2 heterocycles. The van der Waals surface area contributed by atoms with Gasteiger partial charge in [0.15, 0.2) is 23.7 Å². The van der Waals surface area contributed by atoms with Crippen molar-refractivity contribution in [3.63, 3.8) is 0 Å². The zero-order chi connectivity index (χ0) is 16.9. The quantitative estimate of drug-likeness (QED) is 0.695. The zero-order valence-electron chi connectivity index (χ0n) is 14.2. The number of fused-ring (bicyclic) bond motifs is 1. The molecule has 24 heavy (non-hydrogen) atoms. The van der Waals surface area contributed by atoms with Crippen LogP contribution in [0, 0.1) is 0 Å². The second-order valence-corrected chi connectivity index (χ2v) is 6.74. The fourth-order valence-electron chi connectivity index (χ4n) is 3.32. The second kappa shape index (κ2) is 7.85. The Labute approximate surface area is 142 Å². The maximum absolute atomic E-state index is 12.2. The van der Waals surface area contributed by atoms with Gasteiger partial charge in [0, 0.05) is 0 Å². The van der Waals surface area contributed by atoms with E-state index in [0.717, 1.165) is 18.8 Å². The summed E-state index contributed by atoms with van der Waals surface area (Å²) in [4.78, 5) is 13.6. The van der Waals surface area contributed by atoms with Gasteiger partial charge in [0.05, 0.1) is 19.1 Å². The summed E-state index contributed by atoms with van der Waals surface area (Å²) in [5.74, 6) is 1.08. The van der Waals surface area contributed by atoms with Crippen LogP contribution in [0.1, 0.15) is 26.2 Å². The molecule has 0 spiro atoms. The van der Waals surface area contributed by atoms with Crippen LogP contribution in [0.2, 0.25) is 0 Å². The predicted molar refractivity (Wildman–Crippen MR) is 89.4 cm³/mol. The van der Waals surface area contributed by atoms with E-state index >= 15 is 0 Å². The van der Waals surface area contributed by atoms with Gasteiger partial charge in [-0.15, -0.1) is 0 Å². The summed E-state index contributed by atoms with van der Waals surface area (Å²) < 4.78 is 11.6. The zero-order valence-corrected chi connectivity index (χ0v) is 14.2. The lowest BCUT2D eigenvalue weighted by Gasteiger charge is -2.31. The minimum atomic E-state index is -0.975.